The Morgan fingerprint density at radius 1 is 1.29 bits per heavy atom. The van der Waals surface area contributed by atoms with Crippen molar-refractivity contribution < 1.29 is 14.5 Å². The Balaban J connectivity index is 2.60. The van der Waals surface area contributed by atoms with Gasteiger partial charge in [0.2, 0.25) is 0 Å². The lowest BCUT2D eigenvalue weighted by atomic mass is 9.90. The van der Waals surface area contributed by atoms with Crippen molar-refractivity contribution in [2.45, 2.75) is 32.9 Å². The smallest absolute Gasteiger partial charge is 0.276 e. The highest BCUT2D eigenvalue weighted by atomic mass is 16.2. The van der Waals surface area contributed by atoms with Gasteiger partial charge in [0.05, 0.1) is 13.1 Å². The SMILES string of the molecule is CNC(=O)c1ccc(C[NH+](C)CC(=O)N[C@](C)(C#N)C(C)C)cc1. The van der Waals surface area contributed by atoms with Gasteiger partial charge in [-0.15, -0.1) is 0 Å². The Morgan fingerprint density at radius 2 is 1.88 bits per heavy atom. The van der Waals surface area contributed by atoms with E-state index in [4.69, 9.17) is 0 Å². The first kappa shape index (κ1) is 19.7. The van der Waals surface area contributed by atoms with E-state index < -0.39 is 5.54 Å². The highest BCUT2D eigenvalue weighted by Gasteiger charge is 2.30. The zero-order valence-electron chi connectivity index (χ0n) is 15.1. The second-order valence-electron chi connectivity index (χ2n) is 6.60. The van der Waals surface area contributed by atoms with Crippen LogP contribution in [0.4, 0.5) is 0 Å². The number of nitrogens with one attached hydrogen (secondary N) is 3. The van der Waals surface area contributed by atoms with Crippen molar-refractivity contribution in [1.82, 2.24) is 10.6 Å². The van der Waals surface area contributed by atoms with E-state index in [9.17, 15) is 14.9 Å². The van der Waals surface area contributed by atoms with Gasteiger partial charge in [0, 0.05) is 18.2 Å². The zero-order valence-corrected chi connectivity index (χ0v) is 15.1. The van der Waals surface area contributed by atoms with E-state index in [1.807, 2.05) is 33.0 Å². The van der Waals surface area contributed by atoms with Crippen molar-refractivity contribution >= 4 is 11.8 Å². The molecule has 1 aromatic rings. The molecule has 3 N–H and O–H groups in total. The van der Waals surface area contributed by atoms with Crippen LogP contribution in [-0.4, -0.2) is 38.0 Å². The van der Waals surface area contributed by atoms with E-state index in [-0.39, 0.29) is 24.3 Å². The Kier molecular flexibility index (Phi) is 6.93. The number of hydrogen-bond acceptors (Lipinski definition) is 3. The fraction of sp³-hybridized carbons (Fsp3) is 0.500. The monoisotopic (exact) mass is 331 g/mol. The van der Waals surface area contributed by atoms with Crippen LogP contribution < -0.4 is 15.5 Å². The molecule has 0 radical (unpaired) electrons. The van der Waals surface area contributed by atoms with Gasteiger partial charge in [-0.05, 0) is 25.0 Å². The predicted octanol–water partition coefficient (Wildman–Crippen LogP) is 0.115. The van der Waals surface area contributed by atoms with Crippen LogP contribution in [0.25, 0.3) is 0 Å². The average molecular weight is 331 g/mol. The van der Waals surface area contributed by atoms with Gasteiger partial charge in [-0.3, -0.25) is 9.59 Å². The van der Waals surface area contributed by atoms with Gasteiger partial charge >= 0.3 is 0 Å². The number of quaternary nitrogens is 1. The van der Waals surface area contributed by atoms with Gasteiger partial charge in [0.25, 0.3) is 11.8 Å². The highest BCUT2D eigenvalue weighted by molar-refractivity contribution is 5.93. The molecule has 6 heteroatoms. The van der Waals surface area contributed by atoms with Gasteiger partial charge in [-0.2, -0.15) is 5.26 Å². The number of rotatable bonds is 7. The molecular weight excluding hydrogens is 304 g/mol. The molecule has 0 saturated heterocycles. The maximum absolute atomic E-state index is 12.2. The van der Waals surface area contributed by atoms with Crippen LogP contribution in [0.15, 0.2) is 24.3 Å². The first-order valence-corrected chi connectivity index (χ1v) is 8.06. The third-order valence-corrected chi connectivity index (χ3v) is 4.20. The minimum Gasteiger partial charge on any atom is -0.355 e. The molecule has 2 atom stereocenters. The van der Waals surface area contributed by atoms with E-state index in [1.54, 1.807) is 26.1 Å². The predicted molar refractivity (Wildman–Crippen MR) is 92.3 cm³/mol. The summed E-state index contributed by atoms with van der Waals surface area (Å²) in [5.74, 6) is -0.234. The second-order valence-corrected chi connectivity index (χ2v) is 6.60. The van der Waals surface area contributed by atoms with Crippen LogP contribution in [0, 0.1) is 17.2 Å². The van der Waals surface area contributed by atoms with Crippen LogP contribution in [0.5, 0.6) is 0 Å². The quantitative estimate of drug-likeness (QED) is 0.663. The Labute approximate surface area is 143 Å². The molecule has 0 aromatic heterocycles. The molecule has 0 spiro atoms. The second kappa shape index (κ2) is 8.46. The van der Waals surface area contributed by atoms with E-state index in [1.165, 1.54) is 0 Å². The number of carbonyl (C=O) groups excluding carboxylic acids is 2. The van der Waals surface area contributed by atoms with Gasteiger partial charge in [0.1, 0.15) is 12.1 Å². The van der Waals surface area contributed by atoms with Gasteiger partial charge in [-0.1, -0.05) is 26.0 Å². The minimum absolute atomic E-state index is 0.0315. The molecule has 0 heterocycles. The van der Waals surface area contributed by atoms with Crippen molar-refractivity contribution in [2.75, 3.05) is 20.6 Å². The third kappa shape index (κ3) is 5.36. The summed E-state index contributed by atoms with van der Waals surface area (Å²) < 4.78 is 0. The third-order valence-electron chi connectivity index (χ3n) is 4.20. The van der Waals surface area contributed by atoms with Crippen molar-refractivity contribution in [3.63, 3.8) is 0 Å². The fourth-order valence-corrected chi connectivity index (χ4v) is 2.24. The molecule has 1 rings (SSSR count). The molecule has 0 fully saturated rings. The largest absolute Gasteiger partial charge is 0.355 e. The van der Waals surface area contributed by atoms with E-state index in [0.717, 1.165) is 10.5 Å². The molecule has 0 aliphatic rings. The normalized spacial score (nSPS) is 14.4. The standard InChI is InChI=1S/C18H26N4O2/c1-13(2)18(3,12-19)21-16(23)11-22(5)10-14-6-8-15(9-7-14)17(24)20-4/h6-9,13H,10-11H2,1-5H3,(H,20,24)(H,21,23)/p+1/t18-/m1/s1. The molecule has 24 heavy (non-hydrogen) atoms. The molecule has 1 unspecified atom stereocenters. The van der Waals surface area contributed by atoms with E-state index in [2.05, 4.69) is 16.7 Å². The molecule has 2 amide bonds. The summed E-state index contributed by atoms with van der Waals surface area (Å²) in [5.41, 5.74) is 0.796. The van der Waals surface area contributed by atoms with Crippen molar-refractivity contribution in [3.8, 4) is 6.07 Å². The lowest BCUT2D eigenvalue weighted by Crippen LogP contribution is -3.09. The highest BCUT2D eigenvalue weighted by Crippen LogP contribution is 2.14. The number of carbonyl (C=O) groups is 2. The first-order valence-electron chi connectivity index (χ1n) is 8.06. The van der Waals surface area contributed by atoms with Crippen LogP contribution in [-0.2, 0) is 11.3 Å². The number of amides is 2. The first-order chi connectivity index (χ1) is 11.2. The van der Waals surface area contributed by atoms with Crippen LogP contribution in [0.1, 0.15) is 36.7 Å². The van der Waals surface area contributed by atoms with Gasteiger partial charge in [0.15, 0.2) is 6.54 Å². The van der Waals surface area contributed by atoms with Gasteiger partial charge < -0.3 is 15.5 Å². The van der Waals surface area contributed by atoms with E-state index >= 15 is 0 Å². The number of nitriles is 1. The Morgan fingerprint density at radius 3 is 2.33 bits per heavy atom. The van der Waals surface area contributed by atoms with Crippen LogP contribution >= 0.6 is 0 Å². The summed E-state index contributed by atoms with van der Waals surface area (Å²) in [6, 6.07) is 9.49. The Bertz CT molecular complexity index is 619. The average Bonchev–Trinajstić information content (AvgIpc) is 2.54. The lowest BCUT2D eigenvalue weighted by molar-refractivity contribution is -0.885. The fourth-order valence-electron chi connectivity index (χ4n) is 2.24. The number of benzene rings is 1. The zero-order chi connectivity index (χ0) is 18.3. The summed E-state index contributed by atoms with van der Waals surface area (Å²) in [5, 5.41) is 14.7. The molecule has 0 bridgehead atoms. The van der Waals surface area contributed by atoms with Crippen LogP contribution in [0.3, 0.4) is 0 Å². The molecular formula is C18H27N4O2+. The topological polar surface area (TPSA) is 86.4 Å². The maximum atomic E-state index is 12.2. The summed E-state index contributed by atoms with van der Waals surface area (Å²) >= 11 is 0. The lowest BCUT2D eigenvalue weighted by Gasteiger charge is -2.27. The Hall–Kier alpha value is -2.39. The summed E-state index contributed by atoms with van der Waals surface area (Å²) in [6.07, 6.45) is 0. The molecule has 130 valence electrons. The van der Waals surface area contributed by atoms with Crippen molar-refractivity contribution in [1.29, 1.82) is 5.26 Å². The molecule has 0 aliphatic heterocycles. The number of hydrogen-bond donors (Lipinski definition) is 3. The minimum atomic E-state index is -0.855. The van der Waals surface area contributed by atoms with Gasteiger partial charge in [-0.25, -0.2) is 0 Å². The summed E-state index contributed by atoms with van der Waals surface area (Å²) in [7, 11) is 3.52. The number of likely N-dealkylation sites (N-methyl/N-ethyl adjacent to an activating group) is 1. The van der Waals surface area contributed by atoms with E-state index in [0.29, 0.717) is 12.1 Å². The molecule has 6 nitrogen and oxygen atoms in total. The maximum Gasteiger partial charge on any atom is 0.276 e. The summed E-state index contributed by atoms with van der Waals surface area (Å²) in [4.78, 5) is 24.7. The van der Waals surface area contributed by atoms with Crippen molar-refractivity contribution in [2.24, 2.45) is 5.92 Å². The van der Waals surface area contributed by atoms with Crippen molar-refractivity contribution in [3.05, 3.63) is 35.4 Å². The molecule has 1 aromatic carbocycles. The summed E-state index contributed by atoms with van der Waals surface area (Å²) in [6.45, 7) is 6.50. The number of nitrogens with zero attached hydrogens (tertiary/aromatic N) is 1. The molecule has 0 aliphatic carbocycles. The molecule has 0 saturated carbocycles. The van der Waals surface area contributed by atoms with Crippen LogP contribution in [0.2, 0.25) is 0 Å².